The summed E-state index contributed by atoms with van der Waals surface area (Å²) in [5.41, 5.74) is 7.81. The molecule has 1 aromatic rings. The molecule has 1 aromatic carbocycles. The van der Waals surface area contributed by atoms with E-state index in [4.69, 9.17) is 18.0 Å². The zero-order chi connectivity index (χ0) is 13.0. The van der Waals surface area contributed by atoms with Gasteiger partial charge in [0.05, 0.1) is 4.99 Å². The number of aryl methyl sites for hydroxylation is 1. The van der Waals surface area contributed by atoms with E-state index in [2.05, 4.69) is 6.07 Å². The summed E-state index contributed by atoms with van der Waals surface area (Å²) in [4.78, 5) is 14.4. The van der Waals surface area contributed by atoms with Gasteiger partial charge in [0, 0.05) is 18.7 Å². The highest BCUT2D eigenvalue weighted by atomic mass is 32.1. The molecule has 0 fully saturated rings. The third-order valence-corrected chi connectivity index (χ3v) is 3.45. The van der Waals surface area contributed by atoms with Crippen molar-refractivity contribution >= 4 is 28.8 Å². The third kappa shape index (κ3) is 3.07. The maximum Gasteiger partial charge on any atom is 0.227 e. The number of carbonyl (C=O) groups is 1. The van der Waals surface area contributed by atoms with E-state index in [9.17, 15) is 4.79 Å². The van der Waals surface area contributed by atoms with Crippen molar-refractivity contribution in [3.05, 3.63) is 29.8 Å². The molecule has 96 valence electrons. The van der Waals surface area contributed by atoms with Gasteiger partial charge in [-0.2, -0.15) is 0 Å². The fraction of sp³-hybridized carbons (Fsp3) is 0.429. The lowest BCUT2D eigenvalue weighted by Crippen LogP contribution is -2.35. The second kappa shape index (κ2) is 5.96. The van der Waals surface area contributed by atoms with Gasteiger partial charge in [0.1, 0.15) is 0 Å². The van der Waals surface area contributed by atoms with Crippen LogP contribution in [0.25, 0.3) is 0 Å². The lowest BCUT2D eigenvalue weighted by Gasteiger charge is -2.29. The van der Waals surface area contributed by atoms with Crippen LogP contribution in [0, 0.1) is 0 Å². The molecule has 18 heavy (non-hydrogen) atoms. The third-order valence-electron chi connectivity index (χ3n) is 3.25. The van der Waals surface area contributed by atoms with Crippen LogP contribution in [0.4, 0.5) is 5.69 Å². The zero-order valence-corrected chi connectivity index (χ0v) is 11.2. The molecule has 0 aliphatic carbocycles. The molecule has 1 amide bonds. The van der Waals surface area contributed by atoms with Crippen molar-refractivity contribution in [2.75, 3.05) is 11.4 Å². The van der Waals surface area contributed by atoms with E-state index >= 15 is 0 Å². The number of carbonyl (C=O) groups excluding carboxylic acids is 1. The van der Waals surface area contributed by atoms with Gasteiger partial charge in [-0.15, -0.1) is 0 Å². The SMILES string of the molecule is NC(=S)CCCCN1C(=O)CCc2ccccc21. The Hall–Kier alpha value is -1.42. The summed E-state index contributed by atoms with van der Waals surface area (Å²) in [5, 5.41) is 0. The van der Waals surface area contributed by atoms with Crippen LogP contribution in [0.2, 0.25) is 0 Å². The quantitative estimate of drug-likeness (QED) is 0.655. The van der Waals surface area contributed by atoms with Gasteiger partial charge in [0.25, 0.3) is 0 Å². The van der Waals surface area contributed by atoms with Crippen molar-refractivity contribution in [1.82, 2.24) is 0 Å². The Kier molecular flexibility index (Phi) is 4.31. The largest absolute Gasteiger partial charge is 0.393 e. The Balaban J connectivity index is 1.99. The molecule has 0 atom stereocenters. The van der Waals surface area contributed by atoms with Crippen LogP contribution < -0.4 is 10.6 Å². The Morgan fingerprint density at radius 3 is 2.83 bits per heavy atom. The van der Waals surface area contributed by atoms with Crippen molar-refractivity contribution in [2.45, 2.75) is 32.1 Å². The van der Waals surface area contributed by atoms with E-state index in [-0.39, 0.29) is 5.91 Å². The fourth-order valence-electron chi connectivity index (χ4n) is 2.31. The van der Waals surface area contributed by atoms with Crippen molar-refractivity contribution in [1.29, 1.82) is 0 Å². The predicted molar refractivity (Wildman–Crippen MR) is 77.8 cm³/mol. The molecule has 1 aliphatic heterocycles. The number of nitrogens with two attached hydrogens (primary N) is 1. The van der Waals surface area contributed by atoms with E-state index < -0.39 is 0 Å². The molecule has 2 N–H and O–H groups in total. The molecule has 0 saturated heterocycles. The minimum atomic E-state index is 0.226. The second-order valence-electron chi connectivity index (χ2n) is 4.60. The van der Waals surface area contributed by atoms with E-state index in [1.54, 1.807) is 0 Å². The lowest BCUT2D eigenvalue weighted by atomic mass is 10.0. The number of hydrogen-bond donors (Lipinski definition) is 1. The molecule has 0 saturated carbocycles. The van der Waals surface area contributed by atoms with Crippen LogP contribution in [0.5, 0.6) is 0 Å². The summed E-state index contributed by atoms with van der Waals surface area (Å²) < 4.78 is 0. The van der Waals surface area contributed by atoms with Gasteiger partial charge in [-0.3, -0.25) is 4.79 Å². The summed E-state index contributed by atoms with van der Waals surface area (Å²) in [5.74, 6) is 0.226. The number of hydrogen-bond acceptors (Lipinski definition) is 2. The summed E-state index contributed by atoms with van der Waals surface area (Å²) in [6.07, 6.45) is 4.13. The molecular formula is C14H18N2OS. The molecule has 3 nitrogen and oxygen atoms in total. The maximum atomic E-state index is 12.0. The molecule has 0 spiro atoms. The van der Waals surface area contributed by atoms with Crippen LogP contribution >= 0.6 is 12.2 Å². The van der Waals surface area contributed by atoms with Gasteiger partial charge in [0.15, 0.2) is 0 Å². The van der Waals surface area contributed by atoms with Crippen LogP contribution in [-0.2, 0) is 11.2 Å². The molecule has 0 bridgehead atoms. The molecule has 0 aromatic heterocycles. The van der Waals surface area contributed by atoms with Gasteiger partial charge >= 0.3 is 0 Å². The van der Waals surface area contributed by atoms with Crippen molar-refractivity contribution in [3.8, 4) is 0 Å². The highest BCUT2D eigenvalue weighted by molar-refractivity contribution is 7.80. The minimum Gasteiger partial charge on any atom is -0.393 e. The van der Waals surface area contributed by atoms with E-state index in [0.29, 0.717) is 11.4 Å². The van der Waals surface area contributed by atoms with Crippen molar-refractivity contribution in [3.63, 3.8) is 0 Å². The van der Waals surface area contributed by atoms with Crippen LogP contribution in [0.3, 0.4) is 0 Å². The van der Waals surface area contributed by atoms with Crippen molar-refractivity contribution < 1.29 is 4.79 Å². The first-order chi connectivity index (χ1) is 8.68. The normalized spacial score (nSPS) is 14.4. The van der Waals surface area contributed by atoms with Gasteiger partial charge in [0.2, 0.25) is 5.91 Å². The van der Waals surface area contributed by atoms with Crippen LogP contribution in [-0.4, -0.2) is 17.4 Å². The topological polar surface area (TPSA) is 46.3 Å². The number of unbranched alkanes of at least 4 members (excludes halogenated alkanes) is 1. The monoisotopic (exact) mass is 262 g/mol. The standard InChI is InChI=1S/C14H18N2OS/c15-13(18)7-3-4-10-16-12-6-2-1-5-11(12)8-9-14(16)17/h1-2,5-6H,3-4,7-10H2,(H2,15,18). The number of benzene rings is 1. The Bertz CT molecular complexity index is 459. The highest BCUT2D eigenvalue weighted by Crippen LogP contribution is 2.27. The summed E-state index contributed by atoms with van der Waals surface area (Å²) >= 11 is 4.85. The van der Waals surface area contributed by atoms with E-state index in [1.807, 2.05) is 23.1 Å². The first-order valence-electron chi connectivity index (χ1n) is 6.35. The number of anilines is 1. The van der Waals surface area contributed by atoms with E-state index in [0.717, 1.165) is 37.9 Å². The highest BCUT2D eigenvalue weighted by Gasteiger charge is 2.22. The summed E-state index contributed by atoms with van der Waals surface area (Å²) in [7, 11) is 0. The molecule has 4 heteroatoms. The number of nitrogens with zero attached hydrogens (tertiary/aromatic N) is 1. The second-order valence-corrected chi connectivity index (χ2v) is 5.12. The Morgan fingerprint density at radius 2 is 2.06 bits per heavy atom. The maximum absolute atomic E-state index is 12.0. The molecule has 2 rings (SSSR count). The van der Waals surface area contributed by atoms with Gasteiger partial charge < -0.3 is 10.6 Å². The number of amides is 1. The summed E-state index contributed by atoms with van der Waals surface area (Å²) in [6, 6.07) is 8.14. The van der Waals surface area contributed by atoms with Crippen LogP contribution in [0.1, 0.15) is 31.2 Å². The molecule has 1 aliphatic rings. The molecule has 0 radical (unpaired) electrons. The average molecular weight is 262 g/mol. The smallest absolute Gasteiger partial charge is 0.227 e. The predicted octanol–water partition coefficient (Wildman–Crippen LogP) is 2.42. The Labute approximate surface area is 113 Å². The van der Waals surface area contributed by atoms with Crippen LogP contribution in [0.15, 0.2) is 24.3 Å². The molecule has 1 heterocycles. The van der Waals surface area contributed by atoms with Gasteiger partial charge in [-0.25, -0.2) is 0 Å². The first-order valence-corrected chi connectivity index (χ1v) is 6.76. The minimum absolute atomic E-state index is 0.226. The van der Waals surface area contributed by atoms with Gasteiger partial charge in [-0.05, 0) is 37.3 Å². The molecular weight excluding hydrogens is 244 g/mol. The number of fused-ring (bicyclic) bond motifs is 1. The summed E-state index contributed by atoms with van der Waals surface area (Å²) in [6.45, 7) is 0.762. The van der Waals surface area contributed by atoms with E-state index in [1.165, 1.54) is 5.56 Å². The number of thiocarbonyl (C=S) groups is 1. The fourth-order valence-corrected chi connectivity index (χ4v) is 2.46. The zero-order valence-electron chi connectivity index (χ0n) is 10.4. The number of para-hydroxylation sites is 1. The average Bonchev–Trinajstić information content (AvgIpc) is 2.36. The van der Waals surface area contributed by atoms with Gasteiger partial charge in [-0.1, -0.05) is 30.4 Å². The first kappa shape index (κ1) is 13.0. The van der Waals surface area contributed by atoms with Crippen molar-refractivity contribution in [2.24, 2.45) is 5.73 Å². The molecule has 0 unspecified atom stereocenters. The lowest BCUT2D eigenvalue weighted by molar-refractivity contribution is -0.118. The Morgan fingerprint density at radius 1 is 1.28 bits per heavy atom. The number of rotatable bonds is 5.